The summed E-state index contributed by atoms with van der Waals surface area (Å²) in [5.74, 6) is 1.21. The highest BCUT2D eigenvalue weighted by atomic mass is 32.2. The third kappa shape index (κ3) is 4.84. The first kappa shape index (κ1) is 17.6. The lowest BCUT2D eigenvalue weighted by Gasteiger charge is -2.30. The molecule has 23 heavy (non-hydrogen) atoms. The summed E-state index contributed by atoms with van der Waals surface area (Å²) in [5, 5.41) is 11.0. The Kier molecular flexibility index (Phi) is 6.23. The van der Waals surface area contributed by atoms with Gasteiger partial charge in [0.25, 0.3) is 0 Å². The van der Waals surface area contributed by atoms with E-state index in [2.05, 4.69) is 0 Å². The molecule has 0 spiro atoms. The van der Waals surface area contributed by atoms with Gasteiger partial charge in [-0.25, -0.2) is 0 Å². The van der Waals surface area contributed by atoms with Gasteiger partial charge < -0.3 is 15.4 Å². The zero-order valence-corrected chi connectivity index (χ0v) is 13.9. The van der Waals surface area contributed by atoms with Crippen LogP contribution in [0.2, 0.25) is 0 Å². The average Bonchev–Trinajstić information content (AvgIpc) is 2.54. The number of carbonyl (C=O) groups excluding carboxylic acids is 1. The number of rotatable bonds is 6. The minimum atomic E-state index is -0.465. The van der Waals surface area contributed by atoms with Crippen molar-refractivity contribution in [2.24, 2.45) is 5.73 Å². The van der Waals surface area contributed by atoms with Crippen molar-refractivity contribution in [2.75, 3.05) is 26.0 Å². The van der Waals surface area contributed by atoms with Crippen LogP contribution >= 0.6 is 11.8 Å². The SMILES string of the molecule is COc1ccc(CSCC(=O)N2CCCC(N)C2)cc1[N+](=O)[O-]. The summed E-state index contributed by atoms with van der Waals surface area (Å²) >= 11 is 1.45. The molecule has 1 atom stereocenters. The lowest BCUT2D eigenvalue weighted by Crippen LogP contribution is -2.46. The number of nitro benzene ring substituents is 1. The standard InChI is InChI=1S/C15H21N3O4S/c1-22-14-5-4-11(7-13(14)18(20)21)9-23-10-15(19)17-6-2-3-12(16)8-17/h4-5,7,12H,2-3,6,8-10,16H2,1H3. The number of thioether (sulfide) groups is 1. The number of ether oxygens (including phenoxy) is 1. The smallest absolute Gasteiger partial charge is 0.311 e. The van der Waals surface area contributed by atoms with Crippen molar-refractivity contribution in [3.05, 3.63) is 33.9 Å². The van der Waals surface area contributed by atoms with Gasteiger partial charge in [0.2, 0.25) is 5.91 Å². The zero-order chi connectivity index (χ0) is 16.8. The van der Waals surface area contributed by atoms with Gasteiger partial charge in [0, 0.05) is 31.0 Å². The Balaban J connectivity index is 1.87. The molecule has 1 aliphatic heterocycles. The van der Waals surface area contributed by atoms with E-state index in [4.69, 9.17) is 10.5 Å². The highest BCUT2D eigenvalue weighted by Crippen LogP contribution is 2.29. The molecular formula is C15H21N3O4S. The Bertz CT molecular complexity index is 582. The third-order valence-electron chi connectivity index (χ3n) is 3.74. The van der Waals surface area contributed by atoms with E-state index in [0.717, 1.165) is 24.9 Å². The topological polar surface area (TPSA) is 98.7 Å². The predicted molar refractivity (Wildman–Crippen MR) is 89.6 cm³/mol. The van der Waals surface area contributed by atoms with Crippen LogP contribution in [0.4, 0.5) is 5.69 Å². The lowest BCUT2D eigenvalue weighted by molar-refractivity contribution is -0.385. The fraction of sp³-hybridized carbons (Fsp3) is 0.533. The molecule has 0 bridgehead atoms. The number of benzene rings is 1. The molecule has 2 N–H and O–H groups in total. The summed E-state index contributed by atoms with van der Waals surface area (Å²) in [6.45, 7) is 1.38. The number of piperidine rings is 1. The van der Waals surface area contributed by atoms with Gasteiger partial charge in [-0.15, -0.1) is 11.8 Å². The largest absolute Gasteiger partial charge is 0.490 e. The fourth-order valence-electron chi connectivity index (χ4n) is 2.55. The van der Waals surface area contributed by atoms with E-state index in [-0.39, 0.29) is 23.4 Å². The number of nitrogens with zero attached hydrogens (tertiary/aromatic N) is 2. The molecule has 0 saturated carbocycles. The Hall–Kier alpha value is -1.80. The Labute approximate surface area is 139 Å². The molecule has 0 aliphatic carbocycles. The first-order valence-corrected chi connectivity index (χ1v) is 8.59. The second-order valence-corrected chi connectivity index (χ2v) is 6.48. The number of likely N-dealkylation sites (tertiary alicyclic amines) is 1. The van der Waals surface area contributed by atoms with Crippen LogP contribution in [0.3, 0.4) is 0 Å². The molecule has 7 nitrogen and oxygen atoms in total. The number of methoxy groups -OCH3 is 1. The van der Waals surface area contributed by atoms with Gasteiger partial charge in [-0.1, -0.05) is 6.07 Å². The molecule has 0 aromatic heterocycles. The molecule has 1 fully saturated rings. The van der Waals surface area contributed by atoms with Crippen LogP contribution in [0, 0.1) is 10.1 Å². The van der Waals surface area contributed by atoms with Crippen molar-refractivity contribution in [1.29, 1.82) is 0 Å². The number of carbonyl (C=O) groups is 1. The van der Waals surface area contributed by atoms with Crippen LogP contribution in [-0.4, -0.2) is 47.7 Å². The summed E-state index contributed by atoms with van der Waals surface area (Å²) < 4.78 is 4.97. The van der Waals surface area contributed by atoms with Crippen LogP contribution in [0.5, 0.6) is 5.75 Å². The molecule has 126 valence electrons. The van der Waals surface area contributed by atoms with Crippen LogP contribution in [0.1, 0.15) is 18.4 Å². The van der Waals surface area contributed by atoms with Crippen LogP contribution in [-0.2, 0) is 10.5 Å². The summed E-state index contributed by atoms with van der Waals surface area (Å²) in [6, 6.07) is 4.93. The van der Waals surface area contributed by atoms with Crippen molar-refractivity contribution in [1.82, 2.24) is 4.90 Å². The summed E-state index contributed by atoms with van der Waals surface area (Å²) in [7, 11) is 1.40. The molecule has 1 saturated heterocycles. The maximum Gasteiger partial charge on any atom is 0.311 e. The molecule has 1 aliphatic rings. The zero-order valence-electron chi connectivity index (χ0n) is 13.1. The minimum Gasteiger partial charge on any atom is -0.490 e. The number of nitrogens with two attached hydrogens (primary N) is 1. The van der Waals surface area contributed by atoms with Gasteiger partial charge in [-0.05, 0) is 24.5 Å². The fourth-order valence-corrected chi connectivity index (χ4v) is 3.43. The number of amides is 1. The maximum absolute atomic E-state index is 12.1. The van der Waals surface area contributed by atoms with Crippen molar-refractivity contribution < 1.29 is 14.5 Å². The highest BCUT2D eigenvalue weighted by Gasteiger charge is 2.21. The first-order chi connectivity index (χ1) is 11.0. The lowest BCUT2D eigenvalue weighted by atomic mass is 10.1. The van der Waals surface area contributed by atoms with Crippen LogP contribution in [0.15, 0.2) is 18.2 Å². The van der Waals surface area contributed by atoms with Crippen molar-refractivity contribution >= 4 is 23.4 Å². The van der Waals surface area contributed by atoms with Crippen LogP contribution < -0.4 is 10.5 Å². The van der Waals surface area contributed by atoms with E-state index >= 15 is 0 Å². The van der Waals surface area contributed by atoms with E-state index < -0.39 is 4.92 Å². The molecule has 1 aromatic carbocycles. The highest BCUT2D eigenvalue weighted by molar-refractivity contribution is 7.99. The van der Waals surface area contributed by atoms with E-state index in [1.807, 2.05) is 0 Å². The van der Waals surface area contributed by atoms with Gasteiger partial charge in [0.15, 0.2) is 5.75 Å². The Morgan fingerprint density at radius 1 is 1.57 bits per heavy atom. The van der Waals surface area contributed by atoms with E-state index in [1.165, 1.54) is 24.9 Å². The van der Waals surface area contributed by atoms with Crippen molar-refractivity contribution in [3.8, 4) is 5.75 Å². The summed E-state index contributed by atoms with van der Waals surface area (Å²) in [6.07, 6.45) is 1.91. The van der Waals surface area contributed by atoms with Crippen molar-refractivity contribution in [2.45, 2.75) is 24.6 Å². The normalized spacial score (nSPS) is 17.8. The monoisotopic (exact) mass is 339 g/mol. The van der Waals surface area contributed by atoms with E-state index in [0.29, 0.717) is 18.1 Å². The second-order valence-electron chi connectivity index (χ2n) is 5.50. The summed E-state index contributed by atoms with van der Waals surface area (Å²) in [5.41, 5.74) is 6.62. The van der Waals surface area contributed by atoms with Gasteiger partial charge in [0.05, 0.1) is 17.8 Å². The number of hydrogen-bond acceptors (Lipinski definition) is 6. The average molecular weight is 339 g/mol. The Morgan fingerprint density at radius 2 is 2.35 bits per heavy atom. The van der Waals surface area contributed by atoms with Gasteiger partial charge in [-0.3, -0.25) is 14.9 Å². The molecule has 1 aromatic rings. The molecule has 2 rings (SSSR count). The minimum absolute atomic E-state index is 0.0565. The van der Waals surface area contributed by atoms with Gasteiger partial charge in [0.1, 0.15) is 0 Å². The molecular weight excluding hydrogens is 318 g/mol. The molecule has 8 heteroatoms. The van der Waals surface area contributed by atoms with E-state index in [1.54, 1.807) is 17.0 Å². The summed E-state index contributed by atoms with van der Waals surface area (Å²) in [4.78, 5) is 24.5. The molecule has 1 unspecified atom stereocenters. The molecule has 1 heterocycles. The molecule has 1 amide bonds. The van der Waals surface area contributed by atoms with Crippen molar-refractivity contribution in [3.63, 3.8) is 0 Å². The first-order valence-electron chi connectivity index (χ1n) is 7.43. The predicted octanol–water partition coefficient (Wildman–Crippen LogP) is 1.79. The Morgan fingerprint density at radius 3 is 3.00 bits per heavy atom. The van der Waals surface area contributed by atoms with Gasteiger partial charge in [-0.2, -0.15) is 0 Å². The number of hydrogen-bond donors (Lipinski definition) is 1. The quantitative estimate of drug-likeness (QED) is 0.626. The van der Waals surface area contributed by atoms with E-state index in [9.17, 15) is 14.9 Å². The number of nitro groups is 1. The molecule has 0 radical (unpaired) electrons. The van der Waals surface area contributed by atoms with Crippen LogP contribution in [0.25, 0.3) is 0 Å². The third-order valence-corrected chi connectivity index (χ3v) is 4.73. The maximum atomic E-state index is 12.1. The second kappa shape index (κ2) is 8.16. The van der Waals surface area contributed by atoms with Gasteiger partial charge >= 0.3 is 5.69 Å².